The first kappa shape index (κ1) is 16.4. The summed E-state index contributed by atoms with van der Waals surface area (Å²) in [5, 5.41) is 10.5. The molecule has 0 N–H and O–H groups in total. The van der Waals surface area contributed by atoms with Gasteiger partial charge in [-0.1, -0.05) is 18.6 Å². The van der Waals surface area contributed by atoms with E-state index in [1.807, 2.05) is 19.9 Å². The van der Waals surface area contributed by atoms with Gasteiger partial charge in [0.05, 0.1) is 11.0 Å². The SMILES string of the molecule is CC(C)OCCCCC/C=C/c1ccc([N+](=O)[O-])cc1. The van der Waals surface area contributed by atoms with Crippen LogP contribution in [0.4, 0.5) is 5.69 Å². The Bertz CT molecular complexity index is 424. The van der Waals surface area contributed by atoms with Crippen molar-refractivity contribution in [2.24, 2.45) is 0 Å². The van der Waals surface area contributed by atoms with Crippen molar-refractivity contribution >= 4 is 11.8 Å². The van der Waals surface area contributed by atoms with Gasteiger partial charge < -0.3 is 4.74 Å². The van der Waals surface area contributed by atoms with Gasteiger partial charge >= 0.3 is 0 Å². The first-order chi connectivity index (χ1) is 9.59. The zero-order valence-electron chi connectivity index (χ0n) is 12.2. The van der Waals surface area contributed by atoms with Crippen LogP contribution in [0.3, 0.4) is 0 Å². The second kappa shape index (κ2) is 9.26. The number of benzene rings is 1. The molecule has 0 aliphatic carbocycles. The Morgan fingerprint density at radius 2 is 1.90 bits per heavy atom. The van der Waals surface area contributed by atoms with E-state index in [4.69, 9.17) is 4.74 Å². The minimum atomic E-state index is -0.382. The molecule has 0 heterocycles. The molecule has 0 saturated carbocycles. The van der Waals surface area contributed by atoms with Crippen molar-refractivity contribution in [2.45, 2.75) is 45.6 Å². The molecule has 0 fully saturated rings. The van der Waals surface area contributed by atoms with Gasteiger partial charge in [-0.05, 0) is 50.8 Å². The minimum Gasteiger partial charge on any atom is -0.379 e. The number of hydrogen-bond acceptors (Lipinski definition) is 3. The van der Waals surface area contributed by atoms with Gasteiger partial charge in [0.2, 0.25) is 0 Å². The number of hydrogen-bond donors (Lipinski definition) is 0. The van der Waals surface area contributed by atoms with Crippen LogP contribution in [0.5, 0.6) is 0 Å². The standard InChI is InChI=1S/C16H23NO3/c1-14(2)20-13-7-5-3-4-6-8-15-9-11-16(12-10-15)17(18)19/h6,8-12,14H,3-5,7,13H2,1-2H3/b8-6+. The Morgan fingerprint density at radius 1 is 1.20 bits per heavy atom. The second-order valence-electron chi connectivity index (χ2n) is 5.02. The van der Waals surface area contributed by atoms with Crippen LogP contribution in [0, 0.1) is 10.1 Å². The van der Waals surface area contributed by atoms with Crippen molar-refractivity contribution in [2.75, 3.05) is 6.61 Å². The van der Waals surface area contributed by atoms with E-state index in [-0.39, 0.29) is 10.6 Å². The molecule has 1 aromatic rings. The number of nitro benzene ring substituents is 1. The number of non-ortho nitro benzene ring substituents is 1. The normalized spacial score (nSPS) is 11.3. The maximum Gasteiger partial charge on any atom is 0.269 e. The quantitative estimate of drug-likeness (QED) is 0.377. The molecule has 0 aliphatic rings. The van der Waals surface area contributed by atoms with Crippen molar-refractivity contribution in [3.8, 4) is 0 Å². The molecular formula is C16H23NO3. The van der Waals surface area contributed by atoms with Crippen LogP contribution in [0.25, 0.3) is 6.08 Å². The monoisotopic (exact) mass is 277 g/mol. The van der Waals surface area contributed by atoms with Crippen LogP contribution in [-0.4, -0.2) is 17.6 Å². The largest absolute Gasteiger partial charge is 0.379 e. The summed E-state index contributed by atoms with van der Waals surface area (Å²) in [4.78, 5) is 10.1. The van der Waals surface area contributed by atoms with Gasteiger partial charge in [0.25, 0.3) is 5.69 Å². The average molecular weight is 277 g/mol. The molecule has 0 aromatic heterocycles. The molecule has 4 nitrogen and oxygen atoms in total. The molecule has 0 amide bonds. The topological polar surface area (TPSA) is 52.4 Å². The summed E-state index contributed by atoms with van der Waals surface area (Å²) in [5.41, 5.74) is 1.13. The highest BCUT2D eigenvalue weighted by molar-refractivity contribution is 5.51. The van der Waals surface area contributed by atoms with Gasteiger partial charge in [0.15, 0.2) is 0 Å². The summed E-state index contributed by atoms with van der Waals surface area (Å²) >= 11 is 0. The summed E-state index contributed by atoms with van der Waals surface area (Å²) in [6.07, 6.45) is 8.88. The molecule has 110 valence electrons. The van der Waals surface area contributed by atoms with E-state index < -0.39 is 0 Å². The van der Waals surface area contributed by atoms with Gasteiger partial charge in [-0.25, -0.2) is 0 Å². The smallest absolute Gasteiger partial charge is 0.269 e. The lowest BCUT2D eigenvalue weighted by molar-refractivity contribution is -0.384. The molecule has 0 radical (unpaired) electrons. The van der Waals surface area contributed by atoms with Crippen LogP contribution >= 0.6 is 0 Å². The van der Waals surface area contributed by atoms with Gasteiger partial charge in [0, 0.05) is 18.7 Å². The van der Waals surface area contributed by atoms with Crippen molar-refractivity contribution in [1.82, 2.24) is 0 Å². The maximum atomic E-state index is 10.5. The first-order valence-corrected chi connectivity index (χ1v) is 7.12. The fourth-order valence-corrected chi connectivity index (χ4v) is 1.79. The second-order valence-corrected chi connectivity index (χ2v) is 5.02. The molecule has 1 aromatic carbocycles. The molecule has 0 aliphatic heterocycles. The maximum absolute atomic E-state index is 10.5. The Morgan fingerprint density at radius 3 is 2.50 bits per heavy atom. The zero-order valence-corrected chi connectivity index (χ0v) is 12.2. The van der Waals surface area contributed by atoms with Crippen LogP contribution in [0.15, 0.2) is 30.3 Å². The Kier molecular flexibility index (Phi) is 7.58. The Hall–Kier alpha value is -1.68. The van der Waals surface area contributed by atoms with Crippen molar-refractivity contribution in [1.29, 1.82) is 0 Å². The van der Waals surface area contributed by atoms with Crippen LogP contribution in [-0.2, 0) is 4.74 Å². The fourth-order valence-electron chi connectivity index (χ4n) is 1.79. The van der Waals surface area contributed by atoms with E-state index in [1.165, 1.54) is 12.1 Å². The molecule has 0 saturated heterocycles. The average Bonchev–Trinajstić information content (AvgIpc) is 2.42. The lowest BCUT2D eigenvalue weighted by Crippen LogP contribution is -2.03. The lowest BCUT2D eigenvalue weighted by Gasteiger charge is -2.06. The third-order valence-corrected chi connectivity index (χ3v) is 2.88. The number of nitrogens with zero attached hydrogens (tertiary/aromatic N) is 1. The summed E-state index contributed by atoms with van der Waals surface area (Å²) in [5.74, 6) is 0. The summed E-state index contributed by atoms with van der Waals surface area (Å²) in [6.45, 7) is 4.93. The summed E-state index contributed by atoms with van der Waals surface area (Å²) < 4.78 is 5.48. The van der Waals surface area contributed by atoms with Gasteiger partial charge in [-0.2, -0.15) is 0 Å². The van der Waals surface area contributed by atoms with Crippen LogP contribution < -0.4 is 0 Å². The summed E-state index contributed by atoms with van der Waals surface area (Å²) in [6, 6.07) is 6.60. The van der Waals surface area contributed by atoms with Crippen molar-refractivity contribution < 1.29 is 9.66 Å². The van der Waals surface area contributed by atoms with Gasteiger partial charge in [-0.3, -0.25) is 10.1 Å². The zero-order chi connectivity index (χ0) is 14.8. The molecule has 20 heavy (non-hydrogen) atoms. The van der Waals surface area contributed by atoms with Gasteiger partial charge in [0.1, 0.15) is 0 Å². The fraction of sp³-hybridized carbons (Fsp3) is 0.500. The van der Waals surface area contributed by atoms with Crippen molar-refractivity contribution in [3.63, 3.8) is 0 Å². The van der Waals surface area contributed by atoms with E-state index in [9.17, 15) is 10.1 Å². The predicted octanol–water partition coefficient (Wildman–Crippen LogP) is 4.59. The summed E-state index contributed by atoms with van der Waals surface area (Å²) in [7, 11) is 0. The number of allylic oxidation sites excluding steroid dienone is 1. The first-order valence-electron chi connectivity index (χ1n) is 7.12. The third-order valence-electron chi connectivity index (χ3n) is 2.88. The van der Waals surface area contributed by atoms with Crippen LogP contribution in [0.1, 0.15) is 45.1 Å². The highest BCUT2D eigenvalue weighted by Gasteiger charge is 2.01. The predicted molar refractivity (Wildman–Crippen MR) is 81.7 cm³/mol. The molecule has 4 heteroatoms. The van der Waals surface area contributed by atoms with E-state index in [0.29, 0.717) is 6.10 Å². The molecule has 0 spiro atoms. The number of nitro groups is 1. The lowest BCUT2D eigenvalue weighted by atomic mass is 10.1. The third kappa shape index (κ3) is 7.04. The van der Waals surface area contributed by atoms with E-state index in [1.54, 1.807) is 12.1 Å². The van der Waals surface area contributed by atoms with Gasteiger partial charge in [-0.15, -0.1) is 0 Å². The van der Waals surface area contributed by atoms with E-state index in [0.717, 1.165) is 37.9 Å². The highest BCUT2D eigenvalue weighted by atomic mass is 16.6. The Labute approximate surface area is 120 Å². The van der Waals surface area contributed by atoms with Crippen molar-refractivity contribution in [3.05, 3.63) is 46.0 Å². The minimum absolute atomic E-state index is 0.132. The molecular weight excluding hydrogens is 254 g/mol. The van der Waals surface area contributed by atoms with E-state index >= 15 is 0 Å². The Balaban J connectivity index is 2.16. The number of rotatable bonds is 9. The highest BCUT2D eigenvalue weighted by Crippen LogP contribution is 2.13. The van der Waals surface area contributed by atoms with E-state index in [2.05, 4.69) is 6.08 Å². The molecule has 1 rings (SSSR count). The molecule has 0 atom stereocenters. The molecule has 0 bridgehead atoms. The number of ether oxygens (including phenoxy) is 1. The number of unbranched alkanes of at least 4 members (excludes halogenated alkanes) is 3. The van der Waals surface area contributed by atoms with Crippen LogP contribution in [0.2, 0.25) is 0 Å². The molecule has 0 unspecified atom stereocenters.